The van der Waals surface area contributed by atoms with Crippen molar-refractivity contribution < 1.29 is 9.90 Å². The highest BCUT2D eigenvalue weighted by molar-refractivity contribution is 7.13. The molecule has 1 atom stereocenters. The van der Waals surface area contributed by atoms with E-state index in [4.69, 9.17) is 11.6 Å². The highest BCUT2D eigenvalue weighted by Crippen LogP contribution is 2.23. The van der Waals surface area contributed by atoms with Gasteiger partial charge in [0.15, 0.2) is 5.13 Å². The summed E-state index contributed by atoms with van der Waals surface area (Å²) < 4.78 is 0. The predicted octanol–water partition coefficient (Wildman–Crippen LogP) is 3.98. The number of amides is 1. The summed E-state index contributed by atoms with van der Waals surface area (Å²) in [6.07, 6.45) is -0.870. The summed E-state index contributed by atoms with van der Waals surface area (Å²) in [5.41, 5.74) is 1.62. The van der Waals surface area contributed by atoms with Gasteiger partial charge in [0.1, 0.15) is 0 Å². The maximum Gasteiger partial charge on any atom is 0.229 e. The van der Waals surface area contributed by atoms with E-state index in [0.717, 1.165) is 5.69 Å². The molecule has 1 amide bonds. The van der Waals surface area contributed by atoms with Crippen molar-refractivity contribution in [3.8, 4) is 0 Å². The number of aliphatic hydroxyl groups is 1. The number of nitrogens with one attached hydrogen (secondary N) is 1. The third-order valence-electron chi connectivity index (χ3n) is 2.99. The fourth-order valence-corrected chi connectivity index (χ4v) is 2.77. The molecule has 0 saturated heterocycles. The number of rotatable bonds is 5. The van der Waals surface area contributed by atoms with Crippen molar-refractivity contribution in [2.75, 3.05) is 5.32 Å². The van der Waals surface area contributed by atoms with Crippen LogP contribution in [0.2, 0.25) is 5.02 Å². The summed E-state index contributed by atoms with van der Waals surface area (Å²) in [5.74, 6) is 0.0636. The van der Waals surface area contributed by atoms with Crippen LogP contribution in [0.5, 0.6) is 0 Å². The van der Waals surface area contributed by atoms with Crippen molar-refractivity contribution in [3.63, 3.8) is 0 Å². The number of carbonyl (C=O) groups is 1. The van der Waals surface area contributed by atoms with Gasteiger partial charge in [-0.15, -0.1) is 11.3 Å². The molecule has 1 aromatic carbocycles. The van der Waals surface area contributed by atoms with Crippen molar-refractivity contribution >= 4 is 34.0 Å². The molecule has 0 radical (unpaired) electrons. The molecule has 112 valence electrons. The zero-order chi connectivity index (χ0) is 15.4. The van der Waals surface area contributed by atoms with Crippen LogP contribution >= 0.6 is 22.9 Å². The average Bonchev–Trinajstić information content (AvgIpc) is 2.87. The molecule has 0 saturated carbocycles. The molecule has 21 heavy (non-hydrogen) atoms. The van der Waals surface area contributed by atoms with E-state index in [9.17, 15) is 9.90 Å². The zero-order valence-electron chi connectivity index (χ0n) is 11.8. The van der Waals surface area contributed by atoms with Crippen LogP contribution in [0.25, 0.3) is 0 Å². The van der Waals surface area contributed by atoms with Crippen LogP contribution in [0.4, 0.5) is 5.13 Å². The van der Waals surface area contributed by atoms with Gasteiger partial charge in [-0.2, -0.15) is 0 Å². The number of thiazole rings is 1. The summed E-state index contributed by atoms with van der Waals surface area (Å²) in [5, 5.41) is 15.8. The lowest BCUT2D eigenvalue weighted by molar-refractivity contribution is -0.118. The molecule has 0 bridgehead atoms. The summed E-state index contributed by atoms with van der Waals surface area (Å²) in [6, 6.07) is 6.79. The summed E-state index contributed by atoms with van der Waals surface area (Å²) in [6.45, 7) is 4.09. The predicted molar refractivity (Wildman–Crippen MR) is 85.9 cm³/mol. The molecule has 6 heteroatoms. The van der Waals surface area contributed by atoms with Gasteiger partial charge < -0.3 is 10.4 Å². The minimum Gasteiger partial charge on any atom is -0.388 e. The van der Waals surface area contributed by atoms with E-state index >= 15 is 0 Å². The second kappa shape index (κ2) is 7.02. The molecule has 1 aromatic heterocycles. The smallest absolute Gasteiger partial charge is 0.229 e. The highest BCUT2D eigenvalue weighted by atomic mass is 35.5. The Hall–Kier alpha value is -1.43. The van der Waals surface area contributed by atoms with Gasteiger partial charge in [0.25, 0.3) is 0 Å². The normalized spacial score (nSPS) is 12.4. The Balaban J connectivity index is 1.93. The first-order valence-electron chi connectivity index (χ1n) is 6.64. The number of hydrogen-bond acceptors (Lipinski definition) is 4. The van der Waals surface area contributed by atoms with Gasteiger partial charge in [-0.3, -0.25) is 4.79 Å². The SMILES string of the molecule is CC(C)c1csc(NC(=O)CC(O)c2ccc(Cl)cc2)n1. The Labute approximate surface area is 132 Å². The van der Waals surface area contributed by atoms with Crippen LogP contribution in [0.15, 0.2) is 29.6 Å². The molecular weight excluding hydrogens is 308 g/mol. The second-order valence-electron chi connectivity index (χ2n) is 5.05. The number of aromatic nitrogens is 1. The van der Waals surface area contributed by atoms with Crippen LogP contribution in [0.1, 0.15) is 43.5 Å². The molecule has 0 aliphatic rings. The number of anilines is 1. The van der Waals surface area contributed by atoms with E-state index in [1.807, 2.05) is 19.2 Å². The van der Waals surface area contributed by atoms with E-state index < -0.39 is 6.10 Å². The molecular formula is C15H17ClN2O2S. The van der Waals surface area contributed by atoms with Gasteiger partial charge in [0.2, 0.25) is 5.91 Å². The average molecular weight is 325 g/mol. The molecule has 0 aliphatic heterocycles. The fraction of sp³-hybridized carbons (Fsp3) is 0.333. The molecule has 2 aromatic rings. The van der Waals surface area contributed by atoms with Gasteiger partial charge in [-0.25, -0.2) is 4.98 Å². The van der Waals surface area contributed by atoms with E-state index in [2.05, 4.69) is 10.3 Å². The van der Waals surface area contributed by atoms with Crippen LogP contribution in [-0.4, -0.2) is 16.0 Å². The number of hydrogen-bond donors (Lipinski definition) is 2. The Bertz CT molecular complexity index is 610. The van der Waals surface area contributed by atoms with Crippen LogP contribution < -0.4 is 5.32 Å². The zero-order valence-corrected chi connectivity index (χ0v) is 13.4. The lowest BCUT2D eigenvalue weighted by Crippen LogP contribution is -2.15. The molecule has 2 rings (SSSR count). The standard InChI is InChI=1S/C15H17ClN2O2S/c1-9(2)12-8-21-15(17-12)18-14(20)7-13(19)10-3-5-11(16)6-4-10/h3-6,8-9,13,19H,7H2,1-2H3,(H,17,18,20). The quantitative estimate of drug-likeness (QED) is 0.874. The first-order valence-corrected chi connectivity index (χ1v) is 7.90. The Morgan fingerprint density at radius 2 is 2.05 bits per heavy atom. The van der Waals surface area contributed by atoms with Gasteiger partial charge >= 0.3 is 0 Å². The fourth-order valence-electron chi connectivity index (χ4n) is 1.76. The van der Waals surface area contributed by atoms with Crippen molar-refractivity contribution in [1.29, 1.82) is 0 Å². The highest BCUT2D eigenvalue weighted by Gasteiger charge is 2.15. The van der Waals surface area contributed by atoms with Gasteiger partial charge in [-0.05, 0) is 23.6 Å². The van der Waals surface area contributed by atoms with Crippen molar-refractivity contribution in [2.24, 2.45) is 0 Å². The minimum absolute atomic E-state index is 0.0157. The van der Waals surface area contributed by atoms with Gasteiger partial charge in [0.05, 0.1) is 18.2 Å². The Morgan fingerprint density at radius 1 is 1.38 bits per heavy atom. The van der Waals surface area contributed by atoms with Crippen LogP contribution in [0.3, 0.4) is 0 Å². The summed E-state index contributed by atoms with van der Waals surface area (Å²) in [4.78, 5) is 16.2. The van der Waals surface area contributed by atoms with Crippen LogP contribution in [0, 0.1) is 0 Å². The Morgan fingerprint density at radius 3 is 2.62 bits per heavy atom. The topological polar surface area (TPSA) is 62.2 Å². The van der Waals surface area contributed by atoms with Crippen molar-refractivity contribution in [1.82, 2.24) is 4.98 Å². The molecule has 0 spiro atoms. The third kappa shape index (κ3) is 4.52. The number of benzene rings is 1. The Kier molecular flexibility index (Phi) is 5.33. The third-order valence-corrected chi connectivity index (χ3v) is 4.02. The molecule has 1 unspecified atom stereocenters. The molecule has 2 N–H and O–H groups in total. The minimum atomic E-state index is -0.855. The van der Waals surface area contributed by atoms with E-state index in [1.54, 1.807) is 24.3 Å². The van der Waals surface area contributed by atoms with Gasteiger partial charge in [0, 0.05) is 10.4 Å². The number of aliphatic hydroxyl groups excluding tert-OH is 1. The number of halogens is 1. The maximum atomic E-state index is 11.9. The van der Waals surface area contributed by atoms with E-state index in [1.165, 1.54) is 11.3 Å². The molecule has 0 aliphatic carbocycles. The van der Waals surface area contributed by atoms with Crippen molar-refractivity contribution in [2.45, 2.75) is 32.3 Å². The lowest BCUT2D eigenvalue weighted by Gasteiger charge is -2.10. The van der Waals surface area contributed by atoms with E-state index in [0.29, 0.717) is 21.6 Å². The van der Waals surface area contributed by atoms with E-state index in [-0.39, 0.29) is 12.3 Å². The van der Waals surface area contributed by atoms with Gasteiger partial charge in [-0.1, -0.05) is 37.6 Å². The molecule has 4 nitrogen and oxygen atoms in total. The second-order valence-corrected chi connectivity index (χ2v) is 6.35. The monoisotopic (exact) mass is 324 g/mol. The van der Waals surface area contributed by atoms with Crippen LogP contribution in [-0.2, 0) is 4.79 Å². The number of carbonyl (C=O) groups excluding carboxylic acids is 1. The first-order chi connectivity index (χ1) is 9.95. The maximum absolute atomic E-state index is 11.9. The first kappa shape index (κ1) is 15.9. The van der Waals surface area contributed by atoms with Crippen molar-refractivity contribution in [3.05, 3.63) is 45.9 Å². The summed E-state index contributed by atoms with van der Waals surface area (Å²) >= 11 is 7.18. The number of nitrogens with zero attached hydrogens (tertiary/aromatic N) is 1. The lowest BCUT2D eigenvalue weighted by atomic mass is 10.1. The summed E-state index contributed by atoms with van der Waals surface area (Å²) in [7, 11) is 0. The molecule has 1 heterocycles. The largest absolute Gasteiger partial charge is 0.388 e. The molecule has 0 fully saturated rings.